The summed E-state index contributed by atoms with van der Waals surface area (Å²) in [4.78, 5) is 16.4. The van der Waals surface area contributed by atoms with Crippen molar-refractivity contribution in [2.45, 2.75) is 13.3 Å². The van der Waals surface area contributed by atoms with Crippen LogP contribution in [-0.2, 0) is 6.42 Å². The van der Waals surface area contributed by atoms with Gasteiger partial charge in [-0.25, -0.2) is 4.39 Å². The number of aromatic nitrogens is 1. The molecule has 3 rings (SSSR count). The first-order valence-electron chi connectivity index (χ1n) is 8.03. The summed E-state index contributed by atoms with van der Waals surface area (Å²) in [7, 11) is 0. The first-order chi connectivity index (χ1) is 12.2. The van der Waals surface area contributed by atoms with Gasteiger partial charge in [0.2, 0.25) is 0 Å². The van der Waals surface area contributed by atoms with Crippen molar-refractivity contribution in [1.29, 1.82) is 0 Å². The largest absolute Gasteiger partial charge is 0.355 e. The second-order valence-corrected chi connectivity index (χ2v) is 5.53. The lowest BCUT2D eigenvalue weighted by Crippen LogP contribution is -2.14. The molecule has 1 heterocycles. The van der Waals surface area contributed by atoms with E-state index in [0.717, 1.165) is 17.8 Å². The first kappa shape index (κ1) is 16.6. The molecule has 0 bridgehead atoms. The van der Waals surface area contributed by atoms with Crippen LogP contribution in [0, 0.1) is 5.82 Å². The number of carbonyl (C=O) groups excluding carboxylic acids is 1. The predicted molar refractivity (Wildman–Crippen MR) is 97.7 cm³/mol. The minimum absolute atomic E-state index is 0.253. The molecule has 126 valence electrons. The van der Waals surface area contributed by atoms with Crippen molar-refractivity contribution < 1.29 is 9.18 Å². The Balaban J connectivity index is 1.78. The zero-order valence-corrected chi connectivity index (χ0v) is 13.8. The molecule has 1 amide bonds. The van der Waals surface area contributed by atoms with Crippen molar-refractivity contribution in [3.8, 4) is 0 Å². The minimum Gasteiger partial charge on any atom is -0.355 e. The number of nitrogens with zero attached hydrogens (tertiary/aromatic N) is 1. The zero-order valence-electron chi connectivity index (χ0n) is 13.8. The van der Waals surface area contributed by atoms with Crippen molar-refractivity contribution >= 4 is 23.0 Å². The lowest BCUT2D eigenvalue weighted by Gasteiger charge is -2.11. The van der Waals surface area contributed by atoms with Crippen LogP contribution >= 0.6 is 0 Å². The van der Waals surface area contributed by atoms with Gasteiger partial charge in [-0.2, -0.15) is 0 Å². The molecular weight excluding hydrogens is 317 g/mol. The topological polar surface area (TPSA) is 54.0 Å². The molecule has 0 fully saturated rings. The third kappa shape index (κ3) is 4.20. The third-order valence-electron chi connectivity index (χ3n) is 3.75. The molecule has 25 heavy (non-hydrogen) atoms. The zero-order chi connectivity index (χ0) is 17.6. The predicted octanol–water partition coefficient (Wildman–Crippen LogP) is 4.78. The maximum atomic E-state index is 13.2. The average Bonchev–Trinajstić information content (AvgIpc) is 2.62. The molecule has 0 aliphatic heterocycles. The lowest BCUT2D eigenvalue weighted by atomic mass is 10.1. The summed E-state index contributed by atoms with van der Waals surface area (Å²) in [6, 6.07) is 17.2. The Labute approximate surface area is 145 Å². The monoisotopic (exact) mass is 335 g/mol. The number of halogens is 1. The Morgan fingerprint density at radius 3 is 2.68 bits per heavy atom. The van der Waals surface area contributed by atoms with E-state index in [1.54, 1.807) is 24.4 Å². The van der Waals surface area contributed by atoms with Gasteiger partial charge in [-0.15, -0.1) is 0 Å². The highest BCUT2D eigenvalue weighted by Crippen LogP contribution is 2.21. The van der Waals surface area contributed by atoms with Gasteiger partial charge in [0.25, 0.3) is 5.91 Å². The highest BCUT2D eigenvalue weighted by atomic mass is 19.1. The van der Waals surface area contributed by atoms with Crippen molar-refractivity contribution in [3.63, 3.8) is 0 Å². The number of hydrogen-bond donors (Lipinski definition) is 2. The summed E-state index contributed by atoms with van der Waals surface area (Å²) in [6.07, 6.45) is 2.47. The van der Waals surface area contributed by atoms with Gasteiger partial charge in [0.15, 0.2) is 0 Å². The Kier molecular flexibility index (Phi) is 5.04. The lowest BCUT2D eigenvalue weighted by molar-refractivity contribution is 0.102. The second kappa shape index (κ2) is 7.57. The number of hydrogen-bond acceptors (Lipinski definition) is 3. The van der Waals surface area contributed by atoms with E-state index in [9.17, 15) is 9.18 Å². The number of aryl methyl sites for hydroxylation is 1. The van der Waals surface area contributed by atoms with Crippen LogP contribution in [-0.4, -0.2) is 10.9 Å². The van der Waals surface area contributed by atoms with E-state index in [4.69, 9.17) is 0 Å². The van der Waals surface area contributed by atoms with Gasteiger partial charge < -0.3 is 10.6 Å². The first-order valence-corrected chi connectivity index (χ1v) is 8.03. The van der Waals surface area contributed by atoms with Gasteiger partial charge in [0.1, 0.15) is 11.5 Å². The molecular formula is C20H18FN3O. The molecule has 0 saturated heterocycles. The molecule has 2 aromatic carbocycles. The number of rotatable bonds is 5. The van der Waals surface area contributed by atoms with Gasteiger partial charge in [0.05, 0.1) is 0 Å². The fourth-order valence-electron chi connectivity index (χ4n) is 2.50. The number of nitrogens with one attached hydrogen (secondary N) is 2. The quantitative estimate of drug-likeness (QED) is 0.705. The Morgan fingerprint density at radius 1 is 1.04 bits per heavy atom. The van der Waals surface area contributed by atoms with E-state index in [1.807, 2.05) is 18.2 Å². The summed E-state index contributed by atoms with van der Waals surface area (Å²) in [5.74, 6) is -0.796. The number of pyridine rings is 1. The third-order valence-corrected chi connectivity index (χ3v) is 3.75. The molecule has 2 N–H and O–H groups in total. The highest BCUT2D eigenvalue weighted by Gasteiger charge is 2.09. The maximum absolute atomic E-state index is 13.2. The summed E-state index contributed by atoms with van der Waals surface area (Å²) < 4.78 is 13.2. The summed E-state index contributed by atoms with van der Waals surface area (Å²) >= 11 is 0. The number of anilines is 3. The van der Waals surface area contributed by atoms with Crippen LogP contribution in [0.1, 0.15) is 23.0 Å². The van der Waals surface area contributed by atoms with E-state index < -0.39 is 11.7 Å². The van der Waals surface area contributed by atoms with Crippen molar-refractivity contribution in [1.82, 2.24) is 4.98 Å². The van der Waals surface area contributed by atoms with Crippen molar-refractivity contribution in [2.75, 3.05) is 10.6 Å². The molecule has 3 aromatic rings. The number of carbonyl (C=O) groups is 1. The van der Waals surface area contributed by atoms with Gasteiger partial charge in [0, 0.05) is 23.3 Å². The fraction of sp³-hybridized carbons (Fsp3) is 0.100. The van der Waals surface area contributed by atoms with Crippen LogP contribution < -0.4 is 10.6 Å². The van der Waals surface area contributed by atoms with E-state index in [0.29, 0.717) is 5.69 Å². The molecule has 1 aromatic heterocycles. The normalized spacial score (nSPS) is 10.3. The van der Waals surface area contributed by atoms with Crippen LogP contribution in [0.3, 0.4) is 0 Å². The molecule has 0 saturated carbocycles. The maximum Gasteiger partial charge on any atom is 0.274 e. The number of benzene rings is 2. The standard InChI is InChI=1S/C20H18FN3O/c1-2-14-6-3-4-9-18(14)23-17-10-11-22-19(13-17)20(25)24-16-8-5-7-15(21)12-16/h3-13H,2H2,1H3,(H,22,23)(H,24,25). The molecule has 0 aliphatic rings. The van der Waals surface area contributed by atoms with Gasteiger partial charge in [-0.1, -0.05) is 31.2 Å². The van der Waals surface area contributed by atoms with Gasteiger partial charge >= 0.3 is 0 Å². The average molecular weight is 335 g/mol. The number of para-hydroxylation sites is 1. The van der Waals surface area contributed by atoms with Crippen LogP contribution in [0.2, 0.25) is 0 Å². The van der Waals surface area contributed by atoms with E-state index >= 15 is 0 Å². The van der Waals surface area contributed by atoms with Gasteiger partial charge in [-0.05, 0) is 48.4 Å². The summed E-state index contributed by atoms with van der Waals surface area (Å²) in [5, 5.41) is 5.96. The number of amides is 1. The highest BCUT2D eigenvalue weighted by molar-refractivity contribution is 6.03. The SMILES string of the molecule is CCc1ccccc1Nc1ccnc(C(=O)Nc2cccc(F)c2)c1. The Morgan fingerprint density at radius 2 is 1.88 bits per heavy atom. The van der Waals surface area contributed by atoms with Crippen molar-refractivity contribution in [2.24, 2.45) is 0 Å². The Bertz CT molecular complexity index is 895. The van der Waals surface area contributed by atoms with E-state index in [1.165, 1.54) is 23.8 Å². The van der Waals surface area contributed by atoms with Crippen LogP contribution in [0.25, 0.3) is 0 Å². The molecule has 5 heteroatoms. The molecule has 0 atom stereocenters. The van der Waals surface area contributed by atoms with Crippen LogP contribution in [0.5, 0.6) is 0 Å². The molecule has 0 unspecified atom stereocenters. The van der Waals surface area contributed by atoms with E-state index in [-0.39, 0.29) is 5.69 Å². The summed E-state index contributed by atoms with van der Waals surface area (Å²) in [5.41, 5.74) is 3.59. The van der Waals surface area contributed by atoms with Gasteiger partial charge in [-0.3, -0.25) is 9.78 Å². The minimum atomic E-state index is -0.405. The molecule has 0 spiro atoms. The Hall–Kier alpha value is -3.21. The molecule has 0 aliphatic carbocycles. The van der Waals surface area contributed by atoms with E-state index in [2.05, 4.69) is 28.6 Å². The fourth-order valence-corrected chi connectivity index (χ4v) is 2.50. The molecule has 0 radical (unpaired) electrons. The van der Waals surface area contributed by atoms with Crippen molar-refractivity contribution in [3.05, 3.63) is 83.9 Å². The second-order valence-electron chi connectivity index (χ2n) is 5.53. The summed E-state index contributed by atoms with van der Waals surface area (Å²) in [6.45, 7) is 2.09. The van der Waals surface area contributed by atoms with Crippen LogP contribution in [0.4, 0.5) is 21.5 Å². The smallest absolute Gasteiger partial charge is 0.274 e. The van der Waals surface area contributed by atoms with Crippen LogP contribution in [0.15, 0.2) is 66.9 Å². The molecule has 4 nitrogen and oxygen atoms in total.